The molecule has 1 heteroatoms. The first-order valence-corrected chi connectivity index (χ1v) is 7.97. The van der Waals surface area contributed by atoms with Crippen LogP contribution in [-0.2, 0) is 0 Å². The minimum absolute atomic E-state index is 0.109. The van der Waals surface area contributed by atoms with Gasteiger partial charge < -0.3 is 0 Å². The largest absolute Gasteiger partial charge is 0.295 e. The van der Waals surface area contributed by atoms with Gasteiger partial charge in [0.2, 0.25) is 0 Å². The minimum Gasteiger partial charge on any atom is -0.295 e. The average Bonchev–Trinajstić information content (AvgIpc) is 2.46. The Labute approximate surface area is 134 Å². The van der Waals surface area contributed by atoms with Crippen LogP contribution in [0.5, 0.6) is 0 Å². The number of Topliss-reactive ketones (excluding diaryl/α,β-unsaturated/α-hetero) is 1. The zero-order valence-corrected chi connectivity index (χ0v) is 14.3. The summed E-state index contributed by atoms with van der Waals surface area (Å²) in [6.07, 6.45) is 1.17. The van der Waals surface area contributed by atoms with Gasteiger partial charge in [-0.15, -0.1) is 0 Å². The van der Waals surface area contributed by atoms with Crippen molar-refractivity contribution < 1.29 is 4.79 Å². The van der Waals surface area contributed by atoms with Crippen molar-refractivity contribution in [2.75, 3.05) is 0 Å². The lowest BCUT2D eigenvalue weighted by Crippen LogP contribution is -2.09. The van der Waals surface area contributed by atoms with Gasteiger partial charge in [-0.1, -0.05) is 70.2 Å². The molecular weight excluding hydrogens is 268 g/mol. The minimum atomic E-state index is 0.109. The Kier molecular flexibility index (Phi) is 4.85. The SMILES string of the molecule is CC(=O)c1cccc(-c2ccc(C(C)CC(C)(C)C)cc2)c1. The van der Waals surface area contributed by atoms with E-state index in [1.54, 1.807) is 6.92 Å². The fraction of sp³-hybridized carbons (Fsp3) is 0.381. The van der Waals surface area contributed by atoms with Crippen LogP contribution < -0.4 is 0 Å². The molecule has 1 nitrogen and oxygen atoms in total. The van der Waals surface area contributed by atoms with Crippen molar-refractivity contribution in [3.05, 3.63) is 59.7 Å². The summed E-state index contributed by atoms with van der Waals surface area (Å²) in [5, 5.41) is 0. The van der Waals surface area contributed by atoms with Crippen LogP contribution in [0.1, 0.15) is 62.9 Å². The van der Waals surface area contributed by atoms with E-state index in [9.17, 15) is 4.79 Å². The molecule has 0 heterocycles. The van der Waals surface area contributed by atoms with Crippen molar-refractivity contribution in [1.29, 1.82) is 0 Å². The number of hydrogen-bond acceptors (Lipinski definition) is 1. The highest BCUT2D eigenvalue weighted by Gasteiger charge is 2.16. The van der Waals surface area contributed by atoms with Gasteiger partial charge in [0, 0.05) is 5.56 Å². The van der Waals surface area contributed by atoms with Gasteiger partial charge in [0.05, 0.1) is 0 Å². The smallest absolute Gasteiger partial charge is 0.159 e. The monoisotopic (exact) mass is 294 g/mol. The lowest BCUT2D eigenvalue weighted by Gasteiger charge is -2.23. The summed E-state index contributed by atoms with van der Waals surface area (Å²) in [4.78, 5) is 11.5. The number of carbonyl (C=O) groups is 1. The van der Waals surface area contributed by atoms with Crippen molar-refractivity contribution in [3.63, 3.8) is 0 Å². The van der Waals surface area contributed by atoms with Crippen LogP contribution in [0, 0.1) is 5.41 Å². The summed E-state index contributed by atoms with van der Waals surface area (Å²) in [6.45, 7) is 10.7. The summed E-state index contributed by atoms with van der Waals surface area (Å²) in [5.41, 5.74) is 4.75. The van der Waals surface area contributed by atoms with E-state index in [1.807, 2.05) is 18.2 Å². The fourth-order valence-corrected chi connectivity index (χ4v) is 2.96. The van der Waals surface area contributed by atoms with Crippen molar-refractivity contribution in [1.82, 2.24) is 0 Å². The Morgan fingerprint density at radius 1 is 1.00 bits per heavy atom. The van der Waals surface area contributed by atoms with Crippen LogP contribution in [0.3, 0.4) is 0 Å². The maximum Gasteiger partial charge on any atom is 0.159 e. The van der Waals surface area contributed by atoms with Crippen LogP contribution in [0.15, 0.2) is 48.5 Å². The zero-order chi connectivity index (χ0) is 16.3. The zero-order valence-electron chi connectivity index (χ0n) is 14.3. The standard InChI is InChI=1S/C21H26O/c1-15(14-21(3,4)5)17-9-11-18(12-10-17)20-8-6-7-19(13-20)16(2)22/h6-13,15H,14H2,1-5H3. The third-order valence-corrected chi connectivity index (χ3v) is 4.00. The van der Waals surface area contributed by atoms with Gasteiger partial charge in [0.25, 0.3) is 0 Å². The molecule has 0 saturated carbocycles. The van der Waals surface area contributed by atoms with E-state index in [2.05, 4.69) is 58.0 Å². The Balaban J connectivity index is 2.22. The van der Waals surface area contributed by atoms with Gasteiger partial charge in [0.15, 0.2) is 5.78 Å². The quantitative estimate of drug-likeness (QED) is 0.623. The maximum atomic E-state index is 11.5. The summed E-state index contributed by atoms with van der Waals surface area (Å²) in [6, 6.07) is 16.6. The van der Waals surface area contributed by atoms with Crippen molar-refractivity contribution in [2.24, 2.45) is 5.41 Å². The summed E-state index contributed by atoms with van der Waals surface area (Å²) in [5.74, 6) is 0.662. The van der Waals surface area contributed by atoms with Crippen LogP contribution in [0.4, 0.5) is 0 Å². The predicted octanol–water partition coefficient (Wildman–Crippen LogP) is 6.10. The molecule has 0 aliphatic carbocycles. The molecule has 1 unspecified atom stereocenters. The lowest BCUT2D eigenvalue weighted by atomic mass is 9.82. The number of rotatable bonds is 4. The Morgan fingerprint density at radius 3 is 2.18 bits per heavy atom. The van der Waals surface area contributed by atoms with Gasteiger partial charge in [-0.3, -0.25) is 4.79 Å². The molecule has 1 atom stereocenters. The van der Waals surface area contributed by atoms with Gasteiger partial charge in [-0.2, -0.15) is 0 Å². The third kappa shape index (κ3) is 4.30. The molecule has 116 valence electrons. The summed E-state index contributed by atoms with van der Waals surface area (Å²) < 4.78 is 0. The Bertz CT molecular complexity index is 644. The highest BCUT2D eigenvalue weighted by Crippen LogP contribution is 2.31. The molecule has 0 fully saturated rings. The normalized spacial score (nSPS) is 13.0. The van der Waals surface area contributed by atoms with Crippen LogP contribution in [-0.4, -0.2) is 5.78 Å². The molecule has 0 radical (unpaired) electrons. The van der Waals surface area contributed by atoms with Gasteiger partial charge >= 0.3 is 0 Å². The van der Waals surface area contributed by atoms with Crippen molar-refractivity contribution >= 4 is 5.78 Å². The molecule has 2 aromatic rings. The second kappa shape index (κ2) is 6.48. The Morgan fingerprint density at radius 2 is 1.64 bits per heavy atom. The summed E-state index contributed by atoms with van der Waals surface area (Å²) >= 11 is 0. The number of hydrogen-bond donors (Lipinski definition) is 0. The highest BCUT2D eigenvalue weighted by molar-refractivity contribution is 5.95. The number of benzene rings is 2. The number of carbonyl (C=O) groups excluding carboxylic acids is 1. The molecule has 0 aliphatic rings. The third-order valence-electron chi connectivity index (χ3n) is 4.00. The van der Waals surface area contributed by atoms with Crippen molar-refractivity contribution in [2.45, 2.75) is 47.0 Å². The summed E-state index contributed by atoms with van der Waals surface area (Å²) in [7, 11) is 0. The van der Waals surface area contributed by atoms with E-state index in [4.69, 9.17) is 0 Å². The van der Waals surface area contributed by atoms with E-state index in [1.165, 1.54) is 12.0 Å². The fourth-order valence-electron chi connectivity index (χ4n) is 2.96. The van der Waals surface area contributed by atoms with Gasteiger partial charge in [-0.05, 0) is 47.4 Å². The predicted molar refractivity (Wildman–Crippen MR) is 94.4 cm³/mol. The molecule has 0 aromatic heterocycles. The molecule has 0 N–H and O–H groups in total. The molecule has 0 aliphatic heterocycles. The first kappa shape index (κ1) is 16.5. The van der Waals surface area contributed by atoms with Crippen molar-refractivity contribution in [3.8, 4) is 11.1 Å². The van der Waals surface area contributed by atoms with E-state index in [0.29, 0.717) is 11.3 Å². The topological polar surface area (TPSA) is 17.1 Å². The van der Waals surface area contributed by atoms with Crippen LogP contribution >= 0.6 is 0 Å². The molecule has 2 aromatic carbocycles. The molecule has 22 heavy (non-hydrogen) atoms. The lowest BCUT2D eigenvalue weighted by molar-refractivity contribution is 0.101. The first-order valence-electron chi connectivity index (χ1n) is 7.97. The van der Waals surface area contributed by atoms with E-state index >= 15 is 0 Å². The second-order valence-corrected chi connectivity index (χ2v) is 7.42. The second-order valence-electron chi connectivity index (χ2n) is 7.42. The van der Waals surface area contributed by atoms with E-state index < -0.39 is 0 Å². The molecule has 0 bridgehead atoms. The van der Waals surface area contributed by atoms with E-state index in [0.717, 1.165) is 16.7 Å². The van der Waals surface area contributed by atoms with Crippen LogP contribution in [0.2, 0.25) is 0 Å². The van der Waals surface area contributed by atoms with Gasteiger partial charge in [-0.25, -0.2) is 0 Å². The maximum absolute atomic E-state index is 11.5. The average molecular weight is 294 g/mol. The van der Waals surface area contributed by atoms with E-state index in [-0.39, 0.29) is 5.78 Å². The van der Waals surface area contributed by atoms with Crippen LogP contribution in [0.25, 0.3) is 11.1 Å². The molecular formula is C21H26O. The first-order chi connectivity index (χ1) is 10.3. The number of ketones is 1. The van der Waals surface area contributed by atoms with Gasteiger partial charge in [0.1, 0.15) is 0 Å². The highest BCUT2D eigenvalue weighted by atomic mass is 16.1. The molecule has 0 spiro atoms. The molecule has 0 amide bonds. The molecule has 0 saturated heterocycles. The Hall–Kier alpha value is -1.89. The molecule has 2 rings (SSSR count).